The van der Waals surface area contributed by atoms with Crippen molar-refractivity contribution in [2.75, 3.05) is 6.61 Å². The highest BCUT2D eigenvalue weighted by Crippen LogP contribution is 2.21. The lowest BCUT2D eigenvalue weighted by atomic mass is 9.99. The Hall–Kier alpha value is -1.52. The fourth-order valence-electron chi connectivity index (χ4n) is 1.46. The summed E-state index contributed by atoms with van der Waals surface area (Å²) in [7, 11) is 0. The number of esters is 1. The van der Waals surface area contributed by atoms with Gasteiger partial charge in [0, 0.05) is 12.2 Å². The minimum atomic E-state index is -1.72. The van der Waals surface area contributed by atoms with E-state index >= 15 is 0 Å². The molecule has 9 heteroatoms. The minimum absolute atomic E-state index is 0.520. The van der Waals surface area contributed by atoms with E-state index in [1.54, 1.807) is 0 Å². The predicted molar refractivity (Wildman–Crippen MR) is 56.6 cm³/mol. The summed E-state index contributed by atoms with van der Waals surface area (Å²) in [5.74, 6) is -2.49. The van der Waals surface area contributed by atoms with E-state index in [1.165, 1.54) is 0 Å². The van der Waals surface area contributed by atoms with Crippen LogP contribution in [0, 0.1) is 0 Å². The first-order valence-electron chi connectivity index (χ1n) is 5.29. The third kappa shape index (κ3) is 3.98. The molecule has 0 saturated carbocycles. The average Bonchev–Trinajstić information content (AvgIpc) is 2.37. The zero-order valence-electron chi connectivity index (χ0n) is 9.62. The number of rotatable bonds is 4. The second kappa shape index (κ2) is 6.59. The van der Waals surface area contributed by atoms with Crippen molar-refractivity contribution in [3.63, 3.8) is 0 Å². The van der Waals surface area contributed by atoms with Crippen molar-refractivity contribution >= 4 is 11.9 Å². The SMILES string of the molecule is O=C(O)/C=C\C(=O)OC1O[C@H](CO)[C@@H](O)[C@H](O)[C@H]1O. The Morgan fingerprint density at radius 1 is 1.11 bits per heavy atom. The van der Waals surface area contributed by atoms with Gasteiger partial charge in [0.1, 0.15) is 24.4 Å². The molecule has 1 aliphatic heterocycles. The number of hydrogen-bond donors (Lipinski definition) is 5. The largest absolute Gasteiger partial charge is 0.478 e. The second-order valence-electron chi connectivity index (χ2n) is 3.81. The molecule has 0 spiro atoms. The van der Waals surface area contributed by atoms with Gasteiger partial charge in [-0.1, -0.05) is 0 Å². The number of carbonyl (C=O) groups is 2. The first kappa shape index (κ1) is 15.5. The van der Waals surface area contributed by atoms with Gasteiger partial charge < -0.3 is 35.0 Å². The van der Waals surface area contributed by atoms with Crippen LogP contribution in [0.2, 0.25) is 0 Å². The van der Waals surface area contributed by atoms with E-state index in [2.05, 4.69) is 4.74 Å². The molecule has 0 bridgehead atoms. The summed E-state index contributed by atoms with van der Waals surface area (Å²) in [4.78, 5) is 21.3. The molecule has 1 rings (SSSR count). The van der Waals surface area contributed by atoms with Crippen LogP contribution in [0.15, 0.2) is 12.2 Å². The summed E-state index contributed by atoms with van der Waals surface area (Å²) in [6, 6.07) is 0. The number of ether oxygens (including phenoxy) is 2. The summed E-state index contributed by atoms with van der Waals surface area (Å²) in [6.07, 6.45) is -6.69. The van der Waals surface area contributed by atoms with E-state index < -0.39 is 49.3 Å². The Bertz CT molecular complexity index is 364. The lowest BCUT2D eigenvalue weighted by molar-refractivity contribution is -0.291. The third-order valence-electron chi connectivity index (χ3n) is 2.44. The quantitative estimate of drug-likeness (QED) is 0.267. The molecule has 0 aliphatic carbocycles. The smallest absolute Gasteiger partial charge is 0.333 e. The van der Waals surface area contributed by atoms with Gasteiger partial charge >= 0.3 is 11.9 Å². The summed E-state index contributed by atoms with van der Waals surface area (Å²) in [6.45, 7) is -0.663. The normalized spacial score (nSPS) is 35.3. The van der Waals surface area contributed by atoms with Crippen LogP contribution in [0.4, 0.5) is 0 Å². The third-order valence-corrected chi connectivity index (χ3v) is 2.44. The lowest BCUT2D eigenvalue weighted by Gasteiger charge is -2.38. The topological polar surface area (TPSA) is 154 Å². The highest BCUT2D eigenvalue weighted by atomic mass is 16.7. The van der Waals surface area contributed by atoms with Crippen LogP contribution in [0.25, 0.3) is 0 Å². The standard InChI is InChI=1S/C10H14O9/c11-3-4-7(15)8(16)9(17)10(18-4)19-6(14)2-1-5(12)13/h1-2,4,7-11,15-17H,3H2,(H,12,13)/b2-1-/t4-,7-,8+,9-,10?/m1/s1. The van der Waals surface area contributed by atoms with Crippen molar-refractivity contribution in [2.45, 2.75) is 30.7 Å². The van der Waals surface area contributed by atoms with Crippen LogP contribution in [-0.2, 0) is 19.1 Å². The minimum Gasteiger partial charge on any atom is -0.478 e. The first-order chi connectivity index (χ1) is 8.86. The maximum absolute atomic E-state index is 11.2. The number of aliphatic carboxylic acids is 1. The number of carboxylic acids is 1. The van der Waals surface area contributed by atoms with E-state index in [4.69, 9.17) is 14.9 Å². The zero-order chi connectivity index (χ0) is 14.6. The van der Waals surface area contributed by atoms with Gasteiger partial charge in [0.15, 0.2) is 0 Å². The highest BCUT2D eigenvalue weighted by molar-refractivity contribution is 5.90. The fraction of sp³-hybridized carbons (Fsp3) is 0.600. The van der Waals surface area contributed by atoms with E-state index in [0.29, 0.717) is 12.2 Å². The molecule has 0 aromatic carbocycles. The second-order valence-corrected chi connectivity index (χ2v) is 3.81. The van der Waals surface area contributed by atoms with Crippen LogP contribution in [0.1, 0.15) is 0 Å². The van der Waals surface area contributed by atoms with Crippen molar-refractivity contribution in [1.29, 1.82) is 0 Å². The molecule has 5 N–H and O–H groups in total. The van der Waals surface area contributed by atoms with Crippen molar-refractivity contribution in [2.24, 2.45) is 0 Å². The van der Waals surface area contributed by atoms with Crippen molar-refractivity contribution < 1.29 is 44.6 Å². The van der Waals surface area contributed by atoms with Crippen LogP contribution < -0.4 is 0 Å². The summed E-state index contributed by atoms with van der Waals surface area (Å²) in [5, 5.41) is 45.6. The van der Waals surface area contributed by atoms with E-state index in [-0.39, 0.29) is 0 Å². The fourth-order valence-corrected chi connectivity index (χ4v) is 1.46. The number of carboxylic acid groups (broad SMARTS) is 1. The van der Waals surface area contributed by atoms with Gasteiger partial charge in [-0.15, -0.1) is 0 Å². The molecule has 1 aliphatic rings. The molecule has 1 saturated heterocycles. The molecule has 9 nitrogen and oxygen atoms in total. The van der Waals surface area contributed by atoms with Gasteiger partial charge in [0.05, 0.1) is 6.61 Å². The van der Waals surface area contributed by atoms with Crippen LogP contribution in [0.5, 0.6) is 0 Å². The summed E-state index contributed by atoms with van der Waals surface area (Å²) in [5.41, 5.74) is 0. The Balaban J connectivity index is 2.66. The van der Waals surface area contributed by atoms with Gasteiger partial charge in [0.25, 0.3) is 0 Å². The van der Waals surface area contributed by atoms with Gasteiger partial charge in [0.2, 0.25) is 6.29 Å². The van der Waals surface area contributed by atoms with E-state index in [1.807, 2.05) is 0 Å². The van der Waals surface area contributed by atoms with Crippen molar-refractivity contribution in [3.8, 4) is 0 Å². The zero-order valence-corrected chi connectivity index (χ0v) is 9.62. The Morgan fingerprint density at radius 2 is 1.74 bits per heavy atom. The molecule has 108 valence electrons. The summed E-state index contributed by atoms with van der Waals surface area (Å²) < 4.78 is 9.43. The molecule has 5 atom stereocenters. The highest BCUT2D eigenvalue weighted by Gasteiger charge is 2.45. The van der Waals surface area contributed by atoms with Crippen molar-refractivity contribution in [3.05, 3.63) is 12.2 Å². The maximum atomic E-state index is 11.2. The van der Waals surface area contributed by atoms with Crippen LogP contribution in [-0.4, -0.2) is 74.8 Å². The summed E-state index contributed by atoms with van der Waals surface area (Å²) >= 11 is 0. The molecule has 1 heterocycles. The van der Waals surface area contributed by atoms with E-state index in [9.17, 15) is 24.9 Å². The molecule has 0 aromatic heterocycles. The van der Waals surface area contributed by atoms with Crippen molar-refractivity contribution in [1.82, 2.24) is 0 Å². The van der Waals surface area contributed by atoms with Crippen LogP contribution >= 0.6 is 0 Å². The molecule has 1 fully saturated rings. The number of aliphatic hydroxyl groups excluding tert-OH is 4. The van der Waals surface area contributed by atoms with E-state index in [0.717, 1.165) is 0 Å². The number of hydrogen-bond acceptors (Lipinski definition) is 8. The monoisotopic (exact) mass is 278 g/mol. The Morgan fingerprint density at radius 3 is 2.26 bits per heavy atom. The average molecular weight is 278 g/mol. The molecule has 0 amide bonds. The van der Waals surface area contributed by atoms with Gasteiger partial charge in [-0.2, -0.15) is 0 Å². The molecule has 0 aromatic rings. The lowest BCUT2D eigenvalue weighted by Crippen LogP contribution is -2.59. The van der Waals surface area contributed by atoms with Gasteiger partial charge in [-0.3, -0.25) is 0 Å². The molecular weight excluding hydrogens is 264 g/mol. The Labute approximate surface area is 107 Å². The van der Waals surface area contributed by atoms with Crippen LogP contribution in [0.3, 0.4) is 0 Å². The number of aliphatic hydroxyl groups is 4. The maximum Gasteiger partial charge on any atom is 0.333 e. The first-order valence-corrected chi connectivity index (χ1v) is 5.29. The van der Waals surface area contributed by atoms with Gasteiger partial charge in [-0.05, 0) is 0 Å². The molecular formula is C10H14O9. The molecule has 1 unspecified atom stereocenters. The van der Waals surface area contributed by atoms with Gasteiger partial charge in [-0.25, -0.2) is 9.59 Å². The predicted octanol–water partition coefficient (Wildman–Crippen LogP) is -3.03. The molecule has 0 radical (unpaired) electrons. The number of carbonyl (C=O) groups excluding carboxylic acids is 1. The Kier molecular flexibility index (Phi) is 5.39. The molecule has 19 heavy (non-hydrogen) atoms.